The van der Waals surface area contributed by atoms with Crippen LogP contribution >= 0.6 is 0 Å². The average Bonchev–Trinajstić information content (AvgIpc) is 2.94. The van der Waals surface area contributed by atoms with Gasteiger partial charge in [0.25, 0.3) is 15.9 Å². The summed E-state index contributed by atoms with van der Waals surface area (Å²) >= 11 is 0. The quantitative estimate of drug-likeness (QED) is 0.305. The Morgan fingerprint density at radius 3 is 1.91 bits per heavy atom. The number of para-hydroxylation sites is 1. The summed E-state index contributed by atoms with van der Waals surface area (Å²) in [6.07, 6.45) is 1.23. The molecule has 0 bridgehead atoms. The van der Waals surface area contributed by atoms with Gasteiger partial charge in [0.05, 0.1) is 4.90 Å². The summed E-state index contributed by atoms with van der Waals surface area (Å²) in [5.74, 6) is -0.0996. The fraction of sp³-hybridized carbons (Fsp3) is 0.412. The van der Waals surface area contributed by atoms with Gasteiger partial charge < -0.3 is 15.0 Å². The van der Waals surface area contributed by atoms with Gasteiger partial charge in [-0.3, -0.25) is 9.52 Å². The molecule has 3 aromatic carbocycles. The molecule has 8 nitrogen and oxygen atoms in total. The molecule has 2 N–H and O–H groups in total. The van der Waals surface area contributed by atoms with Gasteiger partial charge in [-0.1, -0.05) is 18.2 Å². The van der Waals surface area contributed by atoms with Crippen LogP contribution in [0, 0.1) is 34.6 Å². The van der Waals surface area contributed by atoms with E-state index < -0.39 is 15.6 Å². The standard InChI is InChI=1S/C34H43N3O5S/c1-21-22(2)24(4)31(25(5)23(21)3)43(40,41)36-28-15-13-27(14-16-28)32(38)35-30-12-10-9-11-29(30)26-17-19-37(20-18-26)33(39)42-34(6,7)8/h9-16,26,36H,17-20H2,1-8H3,(H,35,38). The Bertz CT molecular complexity index is 1600. The molecule has 0 radical (unpaired) electrons. The lowest BCUT2D eigenvalue weighted by Crippen LogP contribution is -2.41. The van der Waals surface area contributed by atoms with Gasteiger partial charge in [-0.25, -0.2) is 13.2 Å². The molecule has 1 saturated heterocycles. The van der Waals surface area contributed by atoms with Gasteiger partial charge in [0, 0.05) is 30.0 Å². The third-order valence-electron chi connectivity index (χ3n) is 8.39. The van der Waals surface area contributed by atoms with E-state index >= 15 is 0 Å². The highest BCUT2D eigenvalue weighted by Gasteiger charge is 2.29. The van der Waals surface area contributed by atoms with Crippen molar-refractivity contribution in [3.8, 4) is 0 Å². The molecule has 1 aliphatic rings. The summed E-state index contributed by atoms with van der Waals surface area (Å²) in [4.78, 5) is 27.7. The number of piperidine rings is 1. The minimum absolute atomic E-state index is 0.188. The Morgan fingerprint density at radius 1 is 0.814 bits per heavy atom. The normalized spacial score (nSPS) is 14.4. The van der Waals surface area contributed by atoms with E-state index in [4.69, 9.17) is 4.74 Å². The van der Waals surface area contributed by atoms with Gasteiger partial charge in [-0.2, -0.15) is 0 Å². The molecule has 9 heteroatoms. The first kappa shape index (κ1) is 32.1. The number of benzene rings is 3. The number of sulfonamides is 1. The highest BCUT2D eigenvalue weighted by molar-refractivity contribution is 7.92. The summed E-state index contributed by atoms with van der Waals surface area (Å²) in [5, 5.41) is 3.03. The van der Waals surface area contributed by atoms with Crippen LogP contribution < -0.4 is 10.0 Å². The SMILES string of the molecule is Cc1c(C)c(C)c(S(=O)(=O)Nc2ccc(C(=O)Nc3ccccc3C3CCN(C(=O)OC(C)(C)C)CC3)cc2)c(C)c1C. The molecule has 3 aromatic rings. The van der Waals surface area contributed by atoms with Crippen molar-refractivity contribution in [3.63, 3.8) is 0 Å². The van der Waals surface area contributed by atoms with E-state index in [9.17, 15) is 18.0 Å². The van der Waals surface area contributed by atoms with Crippen LogP contribution in [0.1, 0.15) is 83.3 Å². The molecule has 1 heterocycles. The number of hydrogen-bond acceptors (Lipinski definition) is 5. The highest BCUT2D eigenvalue weighted by Crippen LogP contribution is 2.34. The van der Waals surface area contributed by atoms with Gasteiger partial charge in [0.2, 0.25) is 0 Å². The zero-order valence-electron chi connectivity index (χ0n) is 26.4. The number of amides is 2. The summed E-state index contributed by atoms with van der Waals surface area (Å²) < 4.78 is 35.0. The van der Waals surface area contributed by atoms with Gasteiger partial charge in [0.1, 0.15) is 5.60 Å². The lowest BCUT2D eigenvalue weighted by atomic mass is 9.88. The minimum Gasteiger partial charge on any atom is -0.444 e. The number of nitrogens with zero attached hydrogens (tertiary/aromatic N) is 1. The van der Waals surface area contributed by atoms with Crippen molar-refractivity contribution in [2.75, 3.05) is 23.1 Å². The molecular weight excluding hydrogens is 562 g/mol. The first-order chi connectivity index (χ1) is 20.1. The van der Waals surface area contributed by atoms with E-state index in [0.717, 1.165) is 51.9 Å². The summed E-state index contributed by atoms with van der Waals surface area (Å²) in [6.45, 7) is 16.3. The fourth-order valence-electron chi connectivity index (χ4n) is 5.63. The van der Waals surface area contributed by atoms with E-state index in [-0.39, 0.29) is 17.9 Å². The molecule has 1 fully saturated rings. The second kappa shape index (κ2) is 12.4. The van der Waals surface area contributed by atoms with E-state index in [1.807, 2.05) is 79.7 Å². The second-order valence-corrected chi connectivity index (χ2v) is 14.0. The van der Waals surface area contributed by atoms with Crippen LogP contribution in [-0.2, 0) is 14.8 Å². The molecule has 230 valence electrons. The largest absolute Gasteiger partial charge is 0.444 e. The maximum absolute atomic E-state index is 13.4. The zero-order valence-corrected chi connectivity index (χ0v) is 27.2. The smallest absolute Gasteiger partial charge is 0.410 e. The minimum atomic E-state index is -3.84. The van der Waals surface area contributed by atoms with E-state index in [1.54, 1.807) is 29.2 Å². The predicted octanol–water partition coefficient (Wildman–Crippen LogP) is 7.40. The third-order valence-corrected chi connectivity index (χ3v) is 10.0. The van der Waals surface area contributed by atoms with E-state index in [0.29, 0.717) is 29.2 Å². The molecule has 43 heavy (non-hydrogen) atoms. The highest BCUT2D eigenvalue weighted by atomic mass is 32.2. The molecular formula is C34H43N3O5S. The topological polar surface area (TPSA) is 105 Å². The Hall–Kier alpha value is -3.85. The van der Waals surface area contributed by atoms with Crippen molar-refractivity contribution in [1.29, 1.82) is 0 Å². The van der Waals surface area contributed by atoms with Crippen LogP contribution in [-0.4, -0.2) is 44.0 Å². The number of carbonyl (C=O) groups excluding carboxylic acids is 2. The number of anilines is 2. The first-order valence-electron chi connectivity index (χ1n) is 14.7. The number of ether oxygens (including phenoxy) is 1. The lowest BCUT2D eigenvalue weighted by Gasteiger charge is -2.34. The number of hydrogen-bond donors (Lipinski definition) is 2. The zero-order chi connectivity index (χ0) is 31.7. The van der Waals surface area contributed by atoms with Gasteiger partial charge in [-0.05, 0) is 138 Å². The van der Waals surface area contributed by atoms with Crippen LogP contribution in [0.4, 0.5) is 16.2 Å². The fourth-order valence-corrected chi connectivity index (χ4v) is 7.29. The van der Waals surface area contributed by atoms with Crippen LogP contribution in [0.15, 0.2) is 53.4 Å². The van der Waals surface area contributed by atoms with Crippen molar-refractivity contribution in [3.05, 3.63) is 87.5 Å². The Labute approximate surface area is 255 Å². The molecule has 0 aromatic heterocycles. The van der Waals surface area contributed by atoms with E-state index in [1.165, 1.54) is 0 Å². The summed E-state index contributed by atoms with van der Waals surface area (Å²) in [5.41, 5.74) is 6.49. The number of carbonyl (C=O) groups is 2. The average molecular weight is 606 g/mol. The molecule has 1 aliphatic heterocycles. The van der Waals surface area contributed by atoms with Crippen LogP contribution in [0.2, 0.25) is 0 Å². The lowest BCUT2D eigenvalue weighted by molar-refractivity contribution is 0.0205. The molecule has 0 saturated carbocycles. The monoisotopic (exact) mass is 605 g/mol. The third kappa shape index (κ3) is 7.21. The summed E-state index contributed by atoms with van der Waals surface area (Å²) in [7, 11) is -3.84. The van der Waals surface area contributed by atoms with E-state index in [2.05, 4.69) is 10.0 Å². The number of nitrogens with one attached hydrogen (secondary N) is 2. The molecule has 2 amide bonds. The Morgan fingerprint density at radius 2 is 1.35 bits per heavy atom. The van der Waals surface area contributed by atoms with Gasteiger partial charge in [0.15, 0.2) is 0 Å². The maximum Gasteiger partial charge on any atom is 0.410 e. The number of rotatable bonds is 6. The molecule has 0 spiro atoms. The Kier molecular flexibility index (Phi) is 9.25. The number of likely N-dealkylation sites (tertiary alicyclic amines) is 1. The van der Waals surface area contributed by atoms with Crippen LogP contribution in [0.5, 0.6) is 0 Å². The first-order valence-corrected chi connectivity index (χ1v) is 16.2. The van der Waals surface area contributed by atoms with Crippen molar-refractivity contribution in [1.82, 2.24) is 4.90 Å². The van der Waals surface area contributed by atoms with Gasteiger partial charge >= 0.3 is 6.09 Å². The molecule has 0 atom stereocenters. The van der Waals surface area contributed by atoms with Crippen LogP contribution in [0.25, 0.3) is 0 Å². The Balaban J connectivity index is 1.44. The van der Waals surface area contributed by atoms with Crippen molar-refractivity contribution < 1.29 is 22.7 Å². The second-order valence-electron chi connectivity index (χ2n) is 12.4. The van der Waals surface area contributed by atoms with Gasteiger partial charge in [-0.15, -0.1) is 0 Å². The van der Waals surface area contributed by atoms with Crippen molar-refractivity contribution in [2.45, 2.75) is 84.6 Å². The molecule has 0 aliphatic carbocycles. The predicted molar refractivity (Wildman–Crippen MR) is 172 cm³/mol. The molecule has 4 rings (SSSR count). The summed E-state index contributed by atoms with van der Waals surface area (Å²) in [6, 6.07) is 14.2. The maximum atomic E-state index is 13.4. The van der Waals surface area contributed by atoms with Crippen molar-refractivity contribution in [2.24, 2.45) is 0 Å². The van der Waals surface area contributed by atoms with Crippen LogP contribution in [0.3, 0.4) is 0 Å². The van der Waals surface area contributed by atoms with Crippen molar-refractivity contribution >= 4 is 33.4 Å². The molecule has 0 unspecified atom stereocenters.